The van der Waals surface area contributed by atoms with Crippen molar-refractivity contribution in [3.05, 3.63) is 0 Å². The quantitative estimate of drug-likeness (QED) is 0.645. The summed E-state index contributed by atoms with van der Waals surface area (Å²) in [6, 6.07) is 0. The minimum absolute atomic E-state index is 0.0157. The van der Waals surface area contributed by atoms with Crippen LogP contribution in [-0.2, 0) is 9.53 Å². The van der Waals surface area contributed by atoms with E-state index in [4.69, 9.17) is 9.84 Å². The lowest BCUT2D eigenvalue weighted by atomic mass is 10.1. The van der Waals surface area contributed by atoms with Crippen LogP contribution in [0, 0.1) is 5.41 Å². The highest BCUT2D eigenvalue weighted by atomic mass is 32.2. The van der Waals surface area contributed by atoms with Gasteiger partial charge in [-0.25, -0.2) is 0 Å². The van der Waals surface area contributed by atoms with Crippen molar-refractivity contribution in [3.8, 4) is 0 Å². The van der Waals surface area contributed by atoms with Gasteiger partial charge in [0.25, 0.3) is 0 Å². The maximum atomic E-state index is 10.6. The zero-order valence-corrected chi connectivity index (χ0v) is 10.5. The van der Waals surface area contributed by atoms with Gasteiger partial charge in [-0.3, -0.25) is 4.79 Å². The van der Waals surface area contributed by atoms with Gasteiger partial charge >= 0.3 is 5.97 Å². The number of carboxylic acid groups (broad SMARTS) is 1. The summed E-state index contributed by atoms with van der Waals surface area (Å²) in [7, 11) is 0. The van der Waals surface area contributed by atoms with Crippen LogP contribution in [0.25, 0.3) is 0 Å². The molecule has 0 aromatic carbocycles. The number of carbonyl (C=O) groups is 1. The summed E-state index contributed by atoms with van der Waals surface area (Å²) in [5.41, 5.74) is 0.0157. The summed E-state index contributed by atoms with van der Waals surface area (Å²) in [6.45, 7) is 2.88. The van der Waals surface area contributed by atoms with Gasteiger partial charge in [0.15, 0.2) is 0 Å². The SMILES string of the molecule is CCOCC(O)CSCC1(CC(=O)O)CC1. The summed E-state index contributed by atoms with van der Waals surface area (Å²) in [5, 5.41) is 18.3. The number of aliphatic hydroxyl groups is 1. The molecule has 0 aromatic rings. The van der Waals surface area contributed by atoms with Gasteiger partial charge < -0.3 is 14.9 Å². The molecule has 1 atom stereocenters. The monoisotopic (exact) mass is 248 g/mol. The highest BCUT2D eigenvalue weighted by molar-refractivity contribution is 7.99. The number of thioether (sulfide) groups is 1. The zero-order valence-electron chi connectivity index (χ0n) is 9.65. The van der Waals surface area contributed by atoms with E-state index < -0.39 is 12.1 Å². The van der Waals surface area contributed by atoms with Gasteiger partial charge in [0.05, 0.1) is 19.1 Å². The lowest BCUT2D eigenvalue weighted by Gasteiger charge is -2.14. The molecule has 0 heterocycles. The van der Waals surface area contributed by atoms with Crippen LogP contribution < -0.4 is 0 Å². The van der Waals surface area contributed by atoms with Gasteiger partial charge in [0.1, 0.15) is 0 Å². The fourth-order valence-corrected chi connectivity index (χ4v) is 2.89. The Morgan fingerprint density at radius 1 is 1.56 bits per heavy atom. The third kappa shape index (κ3) is 5.18. The Morgan fingerprint density at radius 2 is 2.25 bits per heavy atom. The van der Waals surface area contributed by atoms with Crippen LogP contribution in [0.1, 0.15) is 26.2 Å². The fourth-order valence-electron chi connectivity index (χ4n) is 1.58. The maximum Gasteiger partial charge on any atom is 0.303 e. The topological polar surface area (TPSA) is 66.8 Å². The standard InChI is InChI=1S/C11H20O4S/c1-2-15-6-9(12)7-16-8-11(3-4-11)5-10(13)14/h9,12H,2-8H2,1H3,(H,13,14). The molecule has 1 fully saturated rings. The number of aliphatic hydroxyl groups excluding tert-OH is 1. The van der Waals surface area contributed by atoms with E-state index in [0.717, 1.165) is 18.6 Å². The molecule has 0 aromatic heterocycles. The molecule has 0 bridgehead atoms. The highest BCUT2D eigenvalue weighted by Gasteiger charge is 2.44. The predicted molar refractivity (Wildman–Crippen MR) is 63.7 cm³/mol. The molecule has 0 aliphatic heterocycles. The molecule has 1 aliphatic carbocycles. The molecular formula is C11H20O4S. The Bertz CT molecular complexity index is 228. The molecule has 2 N–H and O–H groups in total. The van der Waals surface area contributed by atoms with Crippen molar-refractivity contribution in [2.24, 2.45) is 5.41 Å². The number of aliphatic carboxylic acids is 1. The van der Waals surface area contributed by atoms with Crippen LogP contribution in [0.5, 0.6) is 0 Å². The first-order valence-electron chi connectivity index (χ1n) is 5.63. The van der Waals surface area contributed by atoms with Crippen molar-refractivity contribution in [1.29, 1.82) is 0 Å². The summed E-state index contributed by atoms with van der Waals surface area (Å²) < 4.78 is 5.10. The van der Waals surface area contributed by atoms with Crippen LogP contribution in [-0.4, -0.2) is 47.0 Å². The minimum atomic E-state index is -0.715. The van der Waals surface area contributed by atoms with E-state index >= 15 is 0 Å². The Labute approximate surface area is 100 Å². The highest BCUT2D eigenvalue weighted by Crippen LogP contribution is 2.51. The van der Waals surface area contributed by atoms with E-state index in [1.54, 1.807) is 11.8 Å². The number of hydrogen-bond acceptors (Lipinski definition) is 4. The third-order valence-electron chi connectivity index (χ3n) is 2.72. The molecule has 1 rings (SSSR count). The second kappa shape index (κ2) is 6.47. The zero-order chi connectivity index (χ0) is 12.0. The smallest absolute Gasteiger partial charge is 0.303 e. The maximum absolute atomic E-state index is 10.6. The minimum Gasteiger partial charge on any atom is -0.481 e. The fraction of sp³-hybridized carbons (Fsp3) is 0.909. The number of rotatable bonds is 9. The molecule has 94 valence electrons. The molecule has 1 unspecified atom stereocenters. The van der Waals surface area contributed by atoms with E-state index in [0.29, 0.717) is 19.0 Å². The molecule has 0 spiro atoms. The van der Waals surface area contributed by atoms with Crippen molar-refractivity contribution in [2.45, 2.75) is 32.3 Å². The van der Waals surface area contributed by atoms with E-state index in [-0.39, 0.29) is 11.8 Å². The van der Waals surface area contributed by atoms with Crippen molar-refractivity contribution in [1.82, 2.24) is 0 Å². The van der Waals surface area contributed by atoms with Gasteiger partial charge in [-0.2, -0.15) is 11.8 Å². The first-order valence-corrected chi connectivity index (χ1v) is 6.79. The van der Waals surface area contributed by atoms with Gasteiger partial charge in [-0.1, -0.05) is 0 Å². The van der Waals surface area contributed by atoms with Crippen LogP contribution in [0.3, 0.4) is 0 Å². The number of ether oxygens (including phenoxy) is 1. The Kier molecular flexibility index (Phi) is 5.58. The number of hydrogen-bond donors (Lipinski definition) is 2. The second-order valence-corrected chi connectivity index (χ2v) is 5.43. The first-order chi connectivity index (χ1) is 7.58. The Hall–Kier alpha value is -0.260. The lowest BCUT2D eigenvalue weighted by Crippen LogP contribution is -2.19. The van der Waals surface area contributed by atoms with Crippen LogP contribution >= 0.6 is 11.8 Å². The molecular weight excluding hydrogens is 228 g/mol. The van der Waals surface area contributed by atoms with E-state index in [9.17, 15) is 9.90 Å². The van der Waals surface area contributed by atoms with E-state index in [2.05, 4.69) is 0 Å². The van der Waals surface area contributed by atoms with Crippen molar-refractivity contribution >= 4 is 17.7 Å². The van der Waals surface area contributed by atoms with Crippen molar-refractivity contribution < 1.29 is 19.7 Å². The largest absolute Gasteiger partial charge is 0.481 e. The van der Waals surface area contributed by atoms with E-state index in [1.807, 2.05) is 6.92 Å². The second-order valence-electron chi connectivity index (χ2n) is 4.40. The summed E-state index contributed by atoms with van der Waals surface area (Å²) in [4.78, 5) is 10.6. The average Bonchev–Trinajstić information content (AvgIpc) is 2.94. The Morgan fingerprint density at radius 3 is 2.75 bits per heavy atom. The molecule has 16 heavy (non-hydrogen) atoms. The predicted octanol–water partition coefficient (Wildman–Crippen LogP) is 1.37. The third-order valence-corrected chi connectivity index (χ3v) is 4.15. The molecule has 4 nitrogen and oxygen atoms in total. The van der Waals surface area contributed by atoms with Crippen LogP contribution in [0.2, 0.25) is 0 Å². The van der Waals surface area contributed by atoms with Crippen LogP contribution in [0.15, 0.2) is 0 Å². The van der Waals surface area contributed by atoms with E-state index in [1.165, 1.54) is 0 Å². The summed E-state index contributed by atoms with van der Waals surface area (Å²) in [6.07, 6.45) is 1.84. The van der Waals surface area contributed by atoms with Gasteiger partial charge in [-0.05, 0) is 30.9 Å². The molecule has 0 saturated heterocycles. The lowest BCUT2D eigenvalue weighted by molar-refractivity contribution is -0.138. The summed E-state index contributed by atoms with van der Waals surface area (Å²) in [5.74, 6) is 0.747. The van der Waals surface area contributed by atoms with Gasteiger partial charge in [0, 0.05) is 12.4 Å². The van der Waals surface area contributed by atoms with Crippen LogP contribution in [0.4, 0.5) is 0 Å². The van der Waals surface area contributed by atoms with Crippen molar-refractivity contribution in [3.63, 3.8) is 0 Å². The summed E-state index contributed by atoms with van der Waals surface area (Å²) >= 11 is 1.63. The first kappa shape index (κ1) is 13.8. The molecule has 0 radical (unpaired) electrons. The van der Waals surface area contributed by atoms with Gasteiger partial charge in [-0.15, -0.1) is 0 Å². The normalized spacial score (nSPS) is 19.4. The van der Waals surface area contributed by atoms with Crippen molar-refractivity contribution in [2.75, 3.05) is 24.7 Å². The molecule has 0 amide bonds. The van der Waals surface area contributed by atoms with Gasteiger partial charge in [0.2, 0.25) is 0 Å². The number of carboxylic acids is 1. The average molecular weight is 248 g/mol. The Balaban J connectivity index is 2.08. The molecule has 1 aliphatic rings. The molecule has 5 heteroatoms. The molecule has 1 saturated carbocycles.